The number of piperidine rings is 1. The van der Waals surface area contributed by atoms with Crippen molar-refractivity contribution in [3.8, 4) is 0 Å². The molecule has 4 heterocycles. The van der Waals surface area contributed by atoms with Crippen molar-refractivity contribution in [1.82, 2.24) is 20.1 Å². The van der Waals surface area contributed by atoms with E-state index in [2.05, 4.69) is 20.1 Å². The molecule has 1 aromatic heterocycles. The van der Waals surface area contributed by atoms with E-state index < -0.39 is 23.0 Å². The summed E-state index contributed by atoms with van der Waals surface area (Å²) >= 11 is 1.44. The van der Waals surface area contributed by atoms with E-state index in [0.717, 1.165) is 13.0 Å². The molecule has 2 fully saturated rings. The molecule has 250 valence electrons. The zero-order valence-corrected chi connectivity index (χ0v) is 28.7. The van der Waals surface area contributed by atoms with E-state index in [1.54, 1.807) is 26.1 Å². The highest BCUT2D eigenvalue weighted by atomic mass is 32.1. The van der Waals surface area contributed by atoms with Crippen molar-refractivity contribution in [2.45, 2.75) is 78.7 Å². The van der Waals surface area contributed by atoms with Gasteiger partial charge in [-0.05, 0) is 72.1 Å². The van der Waals surface area contributed by atoms with Crippen molar-refractivity contribution in [1.29, 1.82) is 0 Å². The number of halogens is 1. The lowest BCUT2D eigenvalue weighted by molar-refractivity contribution is -0.168. The number of rotatable bonds is 9. The van der Waals surface area contributed by atoms with Gasteiger partial charge < -0.3 is 24.4 Å². The van der Waals surface area contributed by atoms with Gasteiger partial charge in [-0.25, -0.2) is 14.2 Å². The number of nitrogens with zero attached hydrogens (tertiary/aromatic N) is 4. The molecule has 1 N–H and O–H groups in total. The third-order valence-corrected chi connectivity index (χ3v) is 9.36. The molecule has 3 atom stereocenters. The van der Waals surface area contributed by atoms with Crippen LogP contribution in [0.5, 0.6) is 0 Å². The number of fused-ring (bicyclic) bond motifs is 1. The molecule has 2 saturated heterocycles. The van der Waals surface area contributed by atoms with E-state index in [4.69, 9.17) is 19.2 Å². The lowest BCUT2D eigenvalue weighted by atomic mass is 9.89. The highest BCUT2D eigenvalue weighted by Gasteiger charge is 2.42. The number of hydrogen-bond acceptors (Lipinski definition) is 11. The summed E-state index contributed by atoms with van der Waals surface area (Å²) in [6.45, 7) is 16.8. The van der Waals surface area contributed by atoms with Crippen LogP contribution in [0.1, 0.15) is 70.1 Å². The Morgan fingerprint density at radius 1 is 1.20 bits per heavy atom. The molecule has 1 aromatic carbocycles. The van der Waals surface area contributed by atoms with Crippen LogP contribution in [0.25, 0.3) is 0 Å². The minimum Gasteiger partial charge on any atom is -0.463 e. The molecule has 5 rings (SSSR count). The summed E-state index contributed by atoms with van der Waals surface area (Å²) in [5, 5.41) is 5.98. The number of morpholine rings is 1. The van der Waals surface area contributed by atoms with E-state index >= 15 is 0 Å². The third kappa shape index (κ3) is 7.67. The summed E-state index contributed by atoms with van der Waals surface area (Å²) < 4.78 is 32.4. The molecule has 10 nitrogen and oxygen atoms in total. The van der Waals surface area contributed by atoms with Crippen LogP contribution in [0.15, 0.2) is 46.0 Å². The summed E-state index contributed by atoms with van der Waals surface area (Å²) in [4.78, 5) is 40.8. The first kappa shape index (κ1) is 34.2. The highest BCUT2D eigenvalue weighted by molar-refractivity contribution is 7.11. The summed E-state index contributed by atoms with van der Waals surface area (Å²) in [5.41, 5.74) is 0.788. The molecule has 2 aromatic rings. The Morgan fingerprint density at radius 2 is 1.98 bits per heavy atom. The van der Waals surface area contributed by atoms with Crippen LogP contribution in [-0.4, -0.2) is 96.2 Å². The summed E-state index contributed by atoms with van der Waals surface area (Å²) in [6.07, 6.45) is 2.54. The Bertz CT molecular complexity index is 1490. The average Bonchev–Trinajstić information content (AvgIpc) is 3.53. The van der Waals surface area contributed by atoms with Crippen molar-refractivity contribution in [2.24, 2.45) is 10.4 Å². The number of likely N-dealkylation sites (tertiary alicyclic amines) is 1. The second kappa shape index (κ2) is 13.9. The van der Waals surface area contributed by atoms with Gasteiger partial charge in [0, 0.05) is 56.0 Å². The number of benzene rings is 1. The number of amidine groups is 1. The molecule has 1 unspecified atom stereocenters. The fraction of sp³-hybridized carbons (Fsp3) is 0.588. The Kier molecular flexibility index (Phi) is 10.3. The standard InChI is InChI=1S/C34H46FN5O5S/c1-8-43-31(41)27-24(37-29(30-36-13-17-46-30)38-28(27)22-10-9-11-23(35)21(22)2)18-40-15-16-44-26-12-14-39(19-25(26)40)20-34(6,7)32(42)45-33(3,4)5/h9-11,13,17,25-26,28H,8,12,14-16,18-20H2,1-7H3,(H,37,38)/t25-,26+,28?/m0/s1. The molecule has 0 saturated carbocycles. The molecule has 46 heavy (non-hydrogen) atoms. The van der Waals surface area contributed by atoms with Crippen molar-refractivity contribution in [3.05, 3.63) is 63.0 Å². The number of ether oxygens (including phenoxy) is 3. The second-order valence-corrected chi connectivity index (χ2v) is 14.7. The largest absolute Gasteiger partial charge is 0.463 e. The van der Waals surface area contributed by atoms with E-state index in [0.29, 0.717) is 66.0 Å². The normalized spacial score (nSPS) is 23.0. The maximum atomic E-state index is 14.9. The number of esters is 2. The van der Waals surface area contributed by atoms with Crippen molar-refractivity contribution >= 4 is 29.1 Å². The number of carbonyl (C=O) groups is 2. The predicted molar refractivity (Wildman–Crippen MR) is 175 cm³/mol. The topological polar surface area (TPSA) is 106 Å². The van der Waals surface area contributed by atoms with Gasteiger partial charge in [0.2, 0.25) is 0 Å². The Hall–Kier alpha value is -3.19. The maximum absolute atomic E-state index is 14.9. The van der Waals surface area contributed by atoms with Crippen LogP contribution in [0, 0.1) is 18.2 Å². The summed E-state index contributed by atoms with van der Waals surface area (Å²) in [7, 11) is 0. The number of nitrogens with one attached hydrogen (secondary N) is 1. The van der Waals surface area contributed by atoms with Gasteiger partial charge >= 0.3 is 11.9 Å². The Labute approximate surface area is 275 Å². The summed E-state index contributed by atoms with van der Waals surface area (Å²) in [6, 6.07) is 4.10. The number of hydrogen-bond donors (Lipinski definition) is 1. The maximum Gasteiger partial charge on any atom is 0.338 e. The first-order valence-electron chi connectivity index (χ1n) is 16.0. The number of aromatic nitrogens is 1. The van der Waals surface area contributed by atoms with Crippen LogP contribution in [0.2, 0.25) is 0 Å². The first-order valence-corrected chi connectivity index (χ1v) is 16.9. The monoisotopic (exact) mass is 655 g/mol. The SMILES string of the molecule is CCOC(=O)C1=C(CN2CCO[C@@H]3CCN(CC(C)(C)C(=O)OC(C)(C)C)C[C@@H]32)NC(c2nccs2)=NC1c1cccc(F)c1C. The van der Waals surface area contributed by atoms with E-state index in [9.17, 15) is 14.0 Å². The van der Waals surface area contributed by atoms with Crippen molar-refractivity contribution in [3.63, 3.8) is 0 Å². The first-order chi connectivity index (χ1) is 21.8. The van der Waals surface area contributed by atoms with Gasteiger partial charge in [0.05, 0.1) is 30.3 Å². The third-order valence-electron chi connectivity index (χ3n) is 8.58. The molecule has 0 amide bonds. The van der Waals surface area contributed by atoms with Crippen LogP contribution < -0.4 is 5.32 Å². The number of carbonyl (C=O) groups excluding carboxylic acids is 2. The van der Waals surface area contributed by atoms with Gasteiger partial charge in [0.1, 0.15) is 17.5 Å². The highest BCUT2D eigenvalue weighted by Crippen LogP contribution is 2.36. The molecule has 12 heteroatoms. The quantitative estimate of drug-likeness (QED) is 0.387. The van der Waals surface area contributed by atoms with Gasteiger partial charge in [-0.15, -0.1) is 11.3 Å². The van der Waals surface area contributed by atoms with Crippen LogP contribution in [-0.2, 0) is 23.8 Å². The lowest BCUT2D eigenvalue weighted by Crippen LogP contribution is -2.61. The molecule has 0 radical (unpaired) electrons. The van der Waals surface area contributed by atoms with E-state index in [1.807, 2.05) is 46.1 Å². The minimum absolute atomic E-state index is 0.0123. The fourth-order valence-electron chi connectivity index (χ4n) is 6.35. The van der Waals surface area contributed by atoms with E-state index in [-0.39, 0.29) is 30.5 Å². The van der Waals surface area contributed by atoms with Crippen LogP contribution >= 0.6 is 11.3 Å². The zero-order chi connectivity index (χ0) is 33.2. The molecule has 3 aliphatic heterocycles. The number of thiazole rings is 1. The van der Waals surface area contributed by atoms with Crippen molar-refractivity contribution in [2.75, 3.05) is 45.9 Å². The average molecular weight is 656 g/mol. The molecule has 0 aliphatic carbocycles. The van der Waals surface area contributed by atoms with Gasteiger partial charge in [-0.1, -0.05) is 12.1 Å². The molecular weight excluding hydrogens is 609 g/mol. The van der Waals surface area contributed by atoms with Gasteiger partial charge in [-0.2, -0.15) is 0 Å². The second-order valence-electron chi connectivity index (χ2n) is 13.8. The minimum atomic E-state index is -0.779. The summed E-state index contributed by atoms with van der Waals surface area (Å²) in [5.74, 6) is -0.544. The Balaban J connectivity index is 1.47. The van der Waals surface area contributed by atoms with Crippen molar-refractivity contribution < 1.29 is 28.2 Å². The molecule has 3 aliphatic rings. The van der Waals surface area contributed by atoms with Crippen LogP contribution in [0.4, 0.5) is 4.39 Å². The number of aliphatic imine (C=N–C) groups is 1. The molecule has 0 bridgehead atoms. The fourth-order valence-corrected chi connectivity index (χ4v) is 6.94. The molecular formula is C34H46FN5O5S. The Morgan fingerprint density at radius 3 is 2.67 bits per heavy atom. The van der Waals surface area contributed by atoms with Gasteiger partial charge in [0.15, 0.2) is 10.8 Å². The lowest BCUT2D eigenvalue weighted by Gasteiger charge is -2.48. The van der Waals surface area contributed by atoms with Gasteiger partial charge in [-0.3, -0.25) is 14.7 Å². The van der Waals surface area contributed by atoms with Gasteiger partial charge in [0.25, 0.3) is 0 Å². The van der Waals surface area contributed by atoms with E-state index in [1.165, 1.54) is 17.4 Å². The van der Waals surface area contributed by atoms with Crippen LogP contribution in [0.3, 0.4) is 0 Å². The predicted octanol–water partition coefficient (Wildman–Crippen LogP) is 4.64. The smallest absolute Gasteiger partial charge is 0.338 e. The molecule has 0 spiro atoms. The zero-order valence-electron chi connectivity index (χ0n) is 27.9.